The van der Waals surface area contributed by atoms with Crippen molar-refractivity contribution in [2.45, 2.75) is 24.7 Å². The van der Waals surface area contributed by atoms with E-state index < -0.39 is 5.41 Å². The van der Waals surface area contributed by atoms with Crippen LogP contribution < -0.4 is 4.90 Å². The molecule has 268 valence electrons. The van der Waals surface area contributed by atoms with Gasteiger partial charge in [-0.1, -0.05) is 184 Å². The molecule has 3 aliphatic carbocycles. The molecule has 1 nitrogen and oxygen atoms in total. The first-order chi connectivity index (χ1) is 28.1. The molecule has 0 aliphatic heterocycles. The van der Waals surface area contributed by atoms with E-state index in [4.69, 9.17) is 0 Å². The second-order valence-corrected chi connectivity index (χ2v) is 16.4. The van der Waals surface area contributed by atoms with Gasteiger partial charge in [0.2, 0.25) is 0 Å². The Morgan fingerprint density at radius 1 is 0.351 bits per heavy atom. The Morgan fingerprint density at radius 2 is 0.860 bits per heavy atom. The molecule has 0 fully saturated rings. The molecule has 0 bridgehead atoms. The van der Waals surface area contributed by atoms with Crippen molar-refractivity contribution < 1.29 is 0 Å². The fraction of sp³-hybridized carbons (Fsp3) is 0.0714. The van der Waals surface area contributed by atoms with Gasteiger partial charge in [0.15, 0.2) is 0 Å². The summed E-state index contributed by atoms with van der Waals surface area (Å²) < 4.78 is 0. The zero-order valence-corrected chi connectivity index (χ0v) is 32.0. The van der Waals surface area contributed by atoms with E-state index in [1.807, 2.05) is 0 Å². The maximum Gasteiger partial charge on any atom is 0.0726 e. The number of hydrogen-bond donors (Lipinski definition) is 0. The summed E-state index contributed by atoms with van der Waals surface area (Å²) in [7, 11) is 0. The Kier molecular flexibility index (Phi) is 6.67. The van der Waals surface area contributed by atoms with Gasteiger partial charge >= 0.3 is 0 Å². The van der Waals surface area contributed by atoms with Crippen molar-refractivity contribution >= 4 is 27.8 Å². The maximum absolute atomic E-state index is 2.52. The highest BCUT2D eigenvalue weighted by atomic mass is 15.1. The van der Waals surface area contributed by atoms with Crippen LogP contribution in [-0.4, -0.2) is 0 Å². The van der Waals surface area contributed by atoms with E-state index in [1.54, 1.807) is 0 Å². The highest BCUT2D eigenvalue weighted by Crippen LogP contribution is 2.64. The lowest BCUT2D eigenvalue weighted by Crippen LogP contribution is -2.26. The van der Waals surface area contributed by atoms with E-state index in [1.165, 1.54) is 94.3 Å². The van der Waals surface area contributed by atoms with Crippen LogP contribution >= 0.6 is 0 Å². The number of fused-ring (bicyclic) bond motifs is 15. The van der Waals surface area contributed by atoms with Crippen LogP contribution in [0, 0.1) is 0 Å². The van der Waals surface area contributed by atoms with Gasteiger partial charge in [0.25, 0.3) is 0 Å². The molecule has 0 aromatic heterocycles. The zero-order valence-electron chi connectivity index (χ0n) is 32.0. The molecule has 0 heterocycles. The Hall–Kier alpha value is -6.96. The average molecular weight is 726 g/mol. The van der Waals surface area contributed by atoms with Crippen LogP contribution in [0.25, 0.3) is 55.3 Å². The lowest BCUT2D eigenvalue weighted by molar-refractivity contribution is 0.666. The van der Waals surface area contributed by atoms with Gasteiger partial charge < -0.3 is 4.90 Å². The van der Waals surface area contributed by atoms with Crippen LogP contribution in [-0.2, 0) is 10.8 Å². The molecule has 0 saturated carbocycles. The van der Waals surface area contributed by atoms with Gasteiger partial charge in [0.05, 0.1) is 11.1 Å². The van der Waals surface area contributed by atoms with Crippen LogP contribution in [0.15, 0.2) is 200 Å². The van der Waals surface area contributed by atoms with Gasteiger partial charge in [0, 0.05) is 22.2 Å². The maximum atomic E-state index is 2.52. The fourth-order valence-corrected chi connectivity index (χ4v) is 11.0. The molecule has 0 N–H and O–H groups in total. The molecule has 1 heteroatoms. The number of nitrogens with zero attached hydrogens (tertiary/aromatic N) is 1. The Balaban J connectivity index is 1.16. The zero-order chi connectivity index (χ0) is 37.9. The molecule has 12 rings (SSSR count). The first kappa shape index (κ1) is 32.3. The van der Waals surface area contributed by atoms with E-state index in [0.717, 1.165) is 11.4 Å². The van der Waals surface area contributed by atoms with Crippen molar-refractivity contribution in [3.8, 4) is 44.5 Å². The van der Waals surface area contributed by atoms with Gasteiger partial charge in [-0.15, -0.1) is 0 Å². The predicted octanol–water partition coefficient (Wildman–Crippen LogP) is 14.6. The summed E-state index contributed by atoms with van der Waals surface area (Å²) in [5, 5.41) is 2.55. The monoisotopic (exact) mass is 725 g/mol. The summed E-state index contributed by atoms with van der Waals surface area (Å²) in [5.41, 5.74) is 21.5. The minimum absolute atomic E-state index is 0.180. The largest absolute Gasteiger partial charge is 0.310 e. The van der Waals surface area contributed by atoms with E-state index in [-0.39, 0.29) is 5.41 Å². The topological polar surface area (TPSA) is 3.24 Å². The normalized spacial score (nSPS) is 14.4. The number of para-hydroxylation sites is 1. The first-order valence-corrected chi connectivity index (χ1v) is 20.1. The molecule has 0 radical (unpaired) electrons. The van der Waals surface area contributed by atoms with Crippen LogP contribution in [0.4, 0.5) is 17.1 Å². The molecule has 57 heavy (non-hydrogen) atoms. The van der Waals surface area contributed by atoms with Crippen LogP contribution in [0.3, 0.4) is 0 Å². The Morgan fingerprint density at radius 3 is 1.51 bits per heavy atom. The molecule has 0 saturated heterocycles. The lowest BCUT2D eigenvalue weighted by atomic mass is 9.70. The molecule has 9 aromatic carbocycles. The van der Waals surface area contributed by atoms with Crippen LogP contribution in [0.5, 0.6) is 0 Å². The van der Waals surface area contributed by atoms with Gasteiger partial charge in [-0.05, 0) is 114 Å². The molecule has 0 amide bonds. The highest BCUT2D eigenvalue weighted by molar-refractivity contribution is 6.09. The third-order valence-corrected chi connectivity index (χ3v) is 13.2. The standard InChI is InChI=1S/C56H39N/c1-55(2)50-31-17-27-39(36-18-5-3-6-19-36)53(50)46-35-52(44-25-9-10-26-45(44)54(46)55)57(37-20-7-4-8-21-37)38-32-33-43-42-24-13-16-30-49(42)56(51(43)34-38)47-28-14-11-22-40(47)41-23-12-15-29-48(41)56/h3-35H,1-2H3. The van der Waals surface area contributed by atoms with Crippen molar-refractivity contribution in [2.24, 2.45) is 0 Å². The lowest BCUT2D eigenvalue weighted by Gasteiger charge is -2.33. The molecule has 1 spiro atoms. The van der Waals surface area contributed by atoms with Crippen molar-refractivity contribution in [1.29, 1.82) is 0 Å². The van der Waals surface area contributed by atoms with Crippen LogP contribution in [0.2, 0.25) is 0 Å². The summed E-state index contributed by atoms with van der Waals surface area (Å²) in [5.74, 6) is 0. The molecule has 3 aliphatic rings. The van der Waals surface area contributed by atoms with Crippen molar-refractivity contribution in [3.05, 3.63) is 234 Å². The molecular formula is C56H39N. The van der Waals surface area contributed by atoms with Gasteiger partial charge in [-0.3, -0.25) is 0 Å². The van der Waals surface area contributed by atoms with Crippen molar-refractivity contribution in [1.82, 2.24) is 0 Å². The van der Waals surface area contributed by atoms with E-state index in [2.05, 4.69) is 219 Å². The highest BCUT2D eigenvalue weighted by Gasteiger charge is 2.51. The minimum atomic E-state index is -0.426. The van der Waals surface area contributed by atoms with Crippen molar-refractivity contribution in [2.75, 3.05) is 4.90 Å². The smallest absolute Gasteiger partial charge is 0.0726 e. The summed E-state index contributed by atoms with van der Waals surface area (Å²) in [6.45, 7) is 4.81. The quantitative estimate of drug-likeness (QED) is 0.175. The summed E-state index contributed by atoms with van der Waals surface area (Å²) in [4.78, 5) is 2.52. The van der Waals surface area contributed by atoms with E-state index in [9.17, 15) is 0 Å². The molecular weight excluding hydrogens is 687 g/mol. The van der Waals surface area contributed by atoms with E-state index in [0.29, 0.717) is 0 Å². The van der Waals surface area contributed by atoms with Gasteiger partial charge in [-0.2, -0.15) is 0 Å². The molecule has 0 atom stereocenters. The van der Waals surface area contributed by atoms with Crippen LogP contribution in [0.1, 0.15) is 47.2 Å². The number of benzene rings is 9. The van der Waals surface area contributed by atoms with Gasteiger partial charge in [-0.25, -0.2) is 0 Å². The molecule has 9 aromatic rings. The van der Waals surface area contributed by atoms with Gasteiger partial charge in [0.1, 0.15) is 0 Å². The third-order valence-electron chi connectivity index (χ3n) is 13.2. The SMILES string of the molecule is CC1(C)c2cccc(-c3ccccc3)c2-c2cc(N(c3ccccc3)c3ccc4c(c3)C3(c5ccccc5-c5ccccc53)c3ccccc3-4)c3ccccc3c21. The second kappa shape index (κ2) is 11.8. The minimum Gasteiger partial charge on any atom is -0.310 e. The number of rotatable bonds is 4. The summed E-state index contributed by atoms with van der Waals surface area (Å²) in [6.07, 6.45) is 0. The Labute approximate surface area is 334 Å². The number of hydrogen-bond acceptors (Lipinski definition) is 1. The average Bonchev–Trinajstić information content (AvgIpc) is 3.83. The summed E-state index contributed by atoms with van der Waals surface area (Å²) >= 11 is 0. The number of anilines is 3. The predicted molar refractivity (Wildman–Crippen MR) is 238 cm³/mol. The fourth-order valence-electron chi connectivity index (χ4n) is 11.0. The Bertz CT molecular complexity index is 3030. The third kappa shape index (κ3) is 4.24. The first-order valence-electron chi connectivity index (χ1n) is 20.1. The van der Waals surface area contributed by atoms with Crippen molar-refractivity contribution in [3.63, 3.8) is 0 Å². The summed E-state index contributed by atoms with van der Waals surface area (Å²) in [6, 6.07) is 74.8. The second-order valence-electron chi connectivity index (χ2n) is 16.4. The molecule has 0 unspecified atom stereocenters. The van der Waals surface area contributed by atoms with E-state index >= 15 is 0 Å².